The van der Waals surface area contributed by atoms with Crippen molar-refractivity contribution < 1.29 is 5.11 Å². The van der Waals surface area contributed by atoms with Crippen molar-refractivity contribution in [2.24, 2.45) is 4.99 Å². The van der Waals surface area contributed by atoms with Crippen molar-refractivity contribution in [1.29, 1.82) is 0 Å². The topological polar surface area (TPSA) is 67.8 Å². The Kier molecular flexibility index (Phi) is 4.60. The number of rotatable bonds is 3. The molecule has 6 heteroatoms. The van der Waals surface area contributed by atoms with E-state index < -0.39 is 6.23 Å². The van der Waals surface area contributed by atoms with E-state index in [0.29, 0.717) is 11.9 Å². The van der Waals surface area contributed by atoms with E-state index in [1.165, 1.54) is 18.5 Å². The highest BCUT2D eigenvalue weighted by atomic mass is 16.3. The molecule has 0 amide bonds. The second-order valence-electron chi connectivity index (χ2n) is 8.22. The van der Waals surface area contributed by atoms with E-state index in [9.17, 15) is 5.11 Å². The Hall–Kier alpha value is -2.70. The number of H-pyrrole nitrogens is 1. The lowest BCUT2D eigenvalue weighted by Gasteiger charge is -2.36. The Balaban J connectivity index is 1.45. The van der Waals surface area contributed by atoms with Crippen molar-refractivity contribution in [3.63, 3.8) is 0 Å². The molecule has 150 valence electrons. The monoisotopic (exact) mass is 389 g/mol. The summed E-state index contributed by atoms with van der Waals surface area (Å²) >= 11 is 0. The third-order valence-electron chi connectivity index (χ3n) is 6.20. The zero-order chi connectivity index (χ0) is 20.0. The van der Waals surface area contributed by atoms with Crippen molar-refractivity contribution in [2.75, 3.05) is 32.1 Å². The lowest BCUT2D eigenvalue weighted by Crippen LogP contribution is -2.41. The summed E-state index contributed by atoms with van der Waals surface area (Å²) in [5.41, 5.74) is 5.67. The summed E-state index contributed by atoms with van der Waals surface area (Å²) in [7, 11) is 4.33. The summed E-state index contributed by atoms with van der Waals surface area (Å²) in [4.78, 5) is 17.4. The van der Waals surface area contributed by atoms with Gasteiger partial charge < -0.3 is 19.9 Å². The maximum atomic E-state index is 10.5. The summed E-state index contributed by atoms with van der Waals surface area (Å²) in [6.45, 7) is 2.13. The standard InChI is InChI=1S/C23H27N5O/c1-27(2)15-10-12-28(13-11-15)16-8-9-19-20(14-16)25-22(24-19)21-17-6-4-3-5-7-18(17)26-23(21)29/h4-9,14-15,23,29H,3,10-13H2,1-2H3,(H,24,25). The number of hydrogen-bond donors (Lipinski definition) is 2. The van der Waals surface area contributed by atoms with Crippen LogP contribution in [0.4, 0.5) is 5.69 Å². The van der Waals surface area contributed by atoms with Crippen LogP contribution >= 0.6 is 0 Å². The van der Waals surface area contributed by atoms with E-state index in [2.05, 4.69) is 64.2 Å². The van der Waals surface area contributed by atoms with Gasteiger partial charge in [0.25, 0.3) is 0 Å². The minimum absolute atomic E-state index is 0.668. The molecule has 29 heavy (non-hydrogen) atoms. The molecule has 6 nitrogen and oxygen atoms in total. The first kappa shape index (κ1) is 18.3. The zero-order valence-corrected chi connectivity index (χ0v) is 17.0. The molecule has 3 heterocycles. The minimum atomic E-state index is -0.877. The lowest BCUT2D eigenvalue weighted by molar-refractivity contribution is 0.245. The van der Waals surface area contributed by atoms with Crippen LogP contribution in [0.2, 0.25) is 0 Å². The van der Waals surface area contributed by atoms with E-state index in [4.69, 9.17) is 4.98 Å². The van der Waals surface area contributed by atoms with Crippen LogP contribution in [0, 0.1) is 0 Å². The highest BCUT2D eigenvalue weighted by Crippen LogP contribution is 2.33. The number of aliphatic hydroxyl groups excluding tert-OH is 1. The van der Waals surface area contributed by atoms with Gasteiger partial charge in [0.05, 0.1) is 22.3 Å². The SMILES string of the molecule is CN(C)C1CCN(c2ccc3nc(C4=C5C=CCC=CC5=NC4O)[nH]c3c2)CC1. The number of aromatic amines is 1. The van der Waals surface area contributed by atoms with Gasteiger partial charge in [0.2, 0.25) is 0 Å². The van der Waals surface area contributed by atoms with Gasteiger partial charge in [0.15, 0.2) is 6.23 Å². The smallest absolute Gasteiger partial charge is 0.176 e. The Labute approximate surface area is 171 Å². The van der Waals surface area contributed by atoms with Crippen molar-refractivity contribution in [1.82, 2.24) is 14.9 Å². The molecule has 1 saturated heterocycles. The zero-order valence-electron chi connectivity index (χ0n) is 17.0. The Morgan fingerprint density at radius 1 is 1.14 bits per heavy atom. The molecule has 0 spiro atoms. The van der Waals surface area contributed by atoms with Gasteiger partial charge in [-0.15, -0.1) is 0 Å². The average molecular weight is 390 g/mol. The summed E-state index contributed by atoms with van der Waals surface area (Å²) in [6.07, 6.45) is 10.5. The van der Waals surface area contributed by atoms with Gasteiger partial charge in [0, 0.05) is 30.4 Å². The second kappa shape index (κ2) is 7.28. The summed E-state index contributed by atoms with van der Waals surface area (Å²) < 4.78 is 0. The molecule has 1 atom stereocenters. The fourth-order valence-corrected chi connectivity index (χ4v) is 4.51. The summed E-state index contributed by atoms with van der Waals surface area (Å²) in [6, 6.07) is 7.07. The molecule has 2 N–H and O–H groups in total. The number of nitrogens with one attached hydrogen (secondary N) is 1. The molecule has 2 aromatic rings. The maximum absolute atomic E-state index is 10.5. The van der Waals surface area contributed by atoms with Gasteiger partial charge in [-0.05, 0) is 57.6 Å². The van der Waals surface area contributed by atoms with Crippen molar-refractivity contribution in [3.05, 3.63) is 53.9 Å². The molecule has 0 bridgehead atoms. The first-order chi connectivity index (χ1) is 14.1. The van der Waals surface area contributed by atoms with Crippen LogP contribution in [-0.2, 0) is 0 Å². The molecule has 1 unspecified atom stereocenters. The van der Waals surface area contributed by atoms with Gasteiger partial charge in [-0.3, -0.25) is 0 Å². The van der Waals surface area contributed by atoms with Crippen LogP contribution in [0.5, 0.6) is 0 Å². The predicted octanol–water partition coefficient (Wildman–Crippen LogP) is 3.14. The van der Waals surface area contributed by atoms with Crippen LogP contribution in [-0.4, -0.2) is 65.1 Å². The number of nitrogens with zero attached hydrogens (tertiary/aromatic N) is 4. The van der Waals surface area contributed by atoms with Crippen LogP contribution in [0.3, 0.4) is 0 Å². The molecule has 1 aromatic heterocycles. The van der Waals surface area contributed by atoms with Crippen molar-refractivity contribution >= 4 is 28.0 Å². The number of aliphatic hydroxyl groups is 1. The minimum Gasteiger partial charge on any atom is -0.371 e. The number of imidazole rings is 1. The van der Waals surface area contributed by atoms with Crippen molar-refractivity contribution in [3.8, 4) is 0 Å². The van der Waals surface area contributed by atoms with Crippen molar-refractivity contribution in [2.45, 2.75) is 31.5 Å². The predicted molar refractivity (Wildman–Crippen MR) is 118 cm³/mol. The van der Waals surface area contributed by atoms with Crippen LogP contribution in [0.25, 0.3) is 16.6 Å². The molecule has 3 aliphatic rings. The molecule has 1 aromatic carbocycles. The summed E-state index contributed by atoms with van der Waals surface area (Å²) in [5, 5.41) is 10.5. The molecule has 0 saturated carbocycles. The van der Waals surface area contributed by atoms with Crippen LogP contribution in [0.1, 0.15) is 25.1 Å². The normalized spacial score (nSPS) is 22.6. The Morgan fingerprint density at radius 3 is 2.72 bits per heavy atom. The quantitative estimate of drug-likeness (QED) is 0.846. The molecular weight excluding hydrogens is 362 g/mol. The van der Waals surface area contributed by atoms with Gasteiger partial charge in [-0.25, -0.2) is 9.98 Å². The van der Waals surface area contributed by atoms with E-state index in [1.54, 1.807) is 0 Å². The van der Waals surface area contributed by atoms with Crippen LogP contribution in [0.15, 0.2) is 53.1 Å². The molecule has 1 aliphatic carbocycles. The molecule has 0 radical (unpaired) electrons. The maximum Gasteiger partial charge on any atom is 0.176 e. The highest BCUT2D eigenvalue weighted by Gasteiger charge is 2.28. The van der Waals surface area contributed by atoms with E-state index in [1.807, 2.05) is 12.2 Å². The summed E-state index contributed by atoms with van der Waals surface area (Å²) in [5.74, 6) is 0.699. The third-order valence-corrected chi connectivity index (χ3v) is 6.20. The Bertz CT molecular complexity index is 1050. The Morgan fingerprint density at radius 2 is 1.93 bits per heavy atom. The lowest BCUT2D eigenvalue weighted by atomic mass is 10.0. The van der Waals surface area contributed by atoms with E-state index in [0.717, 1.165) is 47.4 Å². The van der Waals surface area contributed by atoms with Crippen LogP contribution < -0.4 is 4.90 Å². The first-order valence-electron chi connectivity index (χ1n) is 10.3. The van der Waals surface area contributed by atoms with E-state index in [-0.39, 0.29) is 0 Å². The fraction of sp³-hybridized carbons (Fsp3) is 0.391. The second-order valence-corrected chi connectivity index (χ2v) is 8.22. The van der Waals surface area contributed by atoms with E-state index >= 15 is 0 Å². The number of benzene rings is 1. The molecule has 2 aliphatic heterocycles. The average Bonchev–Trinajstić information content (AvgIpc) is 3.19. The number of fused-ring (bicyclic) bond motifs is 2. The third kappa shape index (κ3) is 3.32. The number of allylic oxidation sites excluding steroid dienone is 5. The van der Waals surface area contributed by atoms with Gasteiger partial charge in [-0.2, -0.15) is 0 Å². The molecule has 5 rings (SSSR count). The number of aliphatic imine (C=N–C) groups is 1. The molecular formula is C23H27N5O. The number of anilines is 1. The highest BCUT2D eigenvalue weighted by molar-refractivity contribution is 6.18. The largest absolute Gasteiger partial charge is 0.371 e. The van der Waals surface area contributed by atoms with Gasteiger partial charge >= 0.3 is 0 Å². The first-order valence-corrected chi connectivity index (χ1v) is 10.3. The number of hydrogen-bond acceptors (Lipinski definition) is 5. The molecule has 1 fully saturated rings. The fourth-order valence-electron chi connectivity index (χ4n) is 4.51. The van der Waals surface area contributed by atoms with Gasteiger partial charge in [-0.1, -0.05) is 18.2 Å². The van der Waals surface area contributed by atoms with Gasteiger partial charge in [0.1, 0.15) is 5.82 Å². The number of piperidine rings is 1. The number of aromatic nitrogens is 2.